The maximum absolute atomic E-state index is 5.27. The first-order chi connectivity index (χ1) is 7.12. The van der Waals surface area contributed by atoms with E-state index >= 15 is 0 Å². The van der Waals surface area contributed by atoms with Gasteiger partial charge in [0.1, 0.15) is 0 Å². The normalized spacial score (nSPS) is 17.5. The van der Waals surface area contributed by atoms with E-state index in [1.54, 1.807) is 0 Å². The molecule has 0 radical (unpaired) electrons. The number of nitrogens with two attached hydrogens (primary N) is 2. The summed E-state index contributed by atoms with van der Waals surface area (Å²) in [6, 6.07) is 0. The number of halogens is 2. The highest BCUT2D eigenvalue weighted by molar-refractivity contribution is 14.0. The minimum Gasteiger partial charge on any atom is -1.00 e. The molecule has 1 saturated heterocycles. The predicted octanol–water partition coefficient (Wildman–Crippen LogP) is -1.71. The van der Waals surface area contributed by atoms with E-state index in [4.69, 9.17) is 11.5 Å². The summed E-state index contributed by atoms with van der Waals surface area (Å²) in [4.78, 5) is 4.00. The molecule has 0 aromatic carbocycles. The van der Waals surface area contributed by atoms with Gasteiger partial charge in [0, 0.05) is 6.54 Å². The fraction of sp³-hybridized carbons (Fsp3) is 0.909. The second-order valence-corrected chi connectivity index (χ2v) is 4.86. The van der Waals surface area contributed by atoms with Gasteiger partial charge in [-0.15, -0.1) is 24.0 Å². The molecular weight excluding hydrogens is 442 g/mol. The molecule has 17 heavy (non-hydrogen) atoms. The molecule has 1 rings (SSSR count). The molecule has 0 spiro atoms. The molecule has 1 aliphatic heterocycles. The number of nitrogens with zero attached hydrogens (tertiary/aromatic N) is 2. The van der Waals surface area contributed by atoms with Crippen molar-refractivity contribution in [2.45, 2.75) is 32.1 Å². The molecule has 1 aliphatic rings. The molecule has 6 heteroatoms. The first-order valence-electron chi connectivity index (χ1n) is 6.01. The zero-order chi connectivity index (χ0) is 11.1. The van der Waals surface area contributed by atoms with Crippen molar-refractivity contribution in [3.05, 3.63) is 0 Å². The van der Waals surface area contributed by atoms with E-state index in [-0.39, 0.29) is 53.9 Å². The lowest BCUT2D eigenvalue weighted by Gasteiger charge is -2.37. The lowest BCUT2D eigenvalue weighted by molar-refractivity contribution is -0.914. The van der Waals surface area contributed by atoms with Gasteiger partial charge in [-0.1, -0.05) is 0 Å². The van der Waals surface area contributed by atoms with Gasteiger partial charge in [-0.2, -0.15) is 0 Å². The molecule has 0 aliphatic carbocycles. The number of piperidine rings is 1. The Morgan fingerprint density at radius 1 is 1.12 bits per heavy atom. The van der Waals surface area contributed by atoms with Crippen LogP contribution in [0.2, 0.25) is 0 Å². The molecule has 104 valence electrons. The zero-order valence-corrected chi connectivity index (χ0v) is 15.2. The van der Waals surface area contributed by atoms with Crippen molar-refractivity contribution in [2.75, 3.05) is 33.2 Å². The number of unbranched alkanes of at least 4 members (excludes halogenated alkanes) is 1. The predicted molar refractivity (Wildman–Crippen MR) is 80.0 cm³/mol. The van der Waals surface area contributed by atoms with Crippen LogP contribution in [0.25, 0.3) is 0 Å². The van der Waals surface area contributed by atoms with E-state index in [1.807, 2.05) is 0 Å². The van der Waals surface area contributed by atoms with E-state index in [2.05, 4.69) is 12.0 Å². The maximum Gasteiger partial charge on any atom is 0.185 e. The van der Waals surface area contributed by atoms with Crippen LogP contribution in [0.3, 0.4) is 0 Å². The van der Waals surface area contributed by atoms with Gasteiger partial charge in [-0.3, -0.25) is 4.99 Å². The molecule has 4 nitrogen and oxygen atoms in total. The van der Waals surface area contributed by atoms with Gasteiger partial charge < -0.3 is 39.9 Å². The topological polar surface area (TPSA) is 64.4 Å². The molecule has 0 amide bonds. The van der Waals surface area contributed by atoms with Crippen molar-refractivity contribution in [1.82, 2.24) is 0 Å². The van der Waals surface area contributed by atoms with E-state index in [9.17, 15) is 0 Å². The Labute approximate surface area is 139 Å². The van der Waals surface area contributed by atoms with E-state index in [1.165, 1.54) is 49.8 Å². The fourth-order valence-corrected chi connectivity index (χ4v) is 2.31. The van der Waals surface area contributed by atoms with Gasteiger partial charge >= 0.3 is 0 Å². The van der Waals surface area contributed by atoms with Crippen molar-refractivity contribution in [1.29, 1.82) is 0 Å². The summed E-state index contributed by atoms with van der Waals surface area (Å²) in [6.45, 7) is 4.76. The Bertz CT molecular complexity index is 212. The summed E-state index contributed by atoms with van der Waals surface area (Å²) in [5.74, 6) is 0.216. The van der Waals surface area contributed by atoms with Crippen molar-refractivity contribution < 1.29 is 28.5 Å². The summed E-state index contributed by atoms with van der Waals surface area (Å²) in [7, 11) is 2.37. The Balaban J connectivity index is 0. The minimum absolute atomic E-state index is 0. The lowest BCUT2D eigenvalue weighted by atomic mass is 10.1. The summed E-state index contributed by atoms with van der Waals surface area (Å²) in [5, 5.41) is 0. The molecule has 0 atom stereocenters. The van der Waals surface area contributed by atoms with Crippen LogP contribution < -0.4 is 35.4 Å². The summed E-state index contributed by atoms with van der Waals surface area (Å²) in [5.41, 5.74) is 10.5. The molecule has 0 aromatic rings. The highest BCUT2D eigenvalue weighted by atomic mass is 127. The SMILES string of the molecule is C[N+]1(CCCCN=C(N)N)CCCCC1.I.[I-]. The van der Waals surface area contributed by atoms with Crippen LogP contribution in [0.15, 0.2) is 4.99 Å². The summed E-state index contributed by atoms with van der Waals surface area (Å²) in [6.07, 6.45) is 6.54. The molecule has 0 bridgehead atoms. The second kappa shape index (κ2) is 10.6. The summed E-state index contributed by atoms with van der Waals surface area (Å²) >= 11 is 0. The van der Waals surface area contributed by atoms with Crippen LogP contribution in [0.1, 0.15) is 32.1 Å². The third-order valence-corrected chi connectivity index (χ3v) is 3.30. The quantitative estimate of drug-likeness (QED) is 0.166. The maximum atomic E-state index is 5.27. The average molecular weight is 468 g/mol. The highest BCUT2D eigenvalue weighted by Crippen LogP contribution is 2.16. The number of hydrogen-bond acceptors (Lipinski definition) is 1. The van der Waals surface area contributed by atoms with Crippen molar-refractivity contribution in [3.8, 4) is 0 Å². The molecule has 0 saturated carbocycles. The third-order valence-electron chi connectivity index (χ3n) is 3.30. The van der Waals surface area contributed by atoms with Crippen LogP contribution in [0, 0.1) is 0 Å². The molecule has 4 N–H and O–H groups in total. The molecule has 0 unspecified atom stereocenters. The molecular formula is C11H26I2N4. The zero-order valence-electron chi connectivity index (χ0n) is 10.7. The Morgan fingerprint density at radius 3 is 2.24 bits per heavy atom. The summed E-state index contributed by atoms with van der Waals surface area (Å²) < 4.78 is 1.25. The Morgan fingerprint density at radius 2 is 1.71 bits per heavy atom. The first-order valence-corrected chi connectivity index (χ1v) is 6.01. The van der Waals surface area contributed by atoms with Gasteiger partial charge in [0.05, 0.1) is 26.7 Å². The fourth-order valence-electron chi connectivity index (χ4n) is 2.31. The smallest absolute Gasteiger partial charge is 0.185 e. The monoisotopic (exact) mass is 468 g/mol. The molecule has 1 heterocycles. The first kappa shape index (κ1) is 20.0. The lowest BCUT2D eigenvalue weighted by Crippen LogP contribution is -3.00. The van der Waals surface area contributed by atoms with Crippen LogP contribution in [0.5, 0.6) is 0 Å². The van der Waals surface area contributed by atoms with E-state index < -0.39 is 0 Å². The number of likely N-dealkylation sites (tertiary alicyclic amines) is 1. The second-order valence-electron chi connectivity index (χ2n) is 4.86. The van der Waals surface area contributed by atoms with Crippen LogP contribution in [0.4, 0.5) is 0 Å². The van der Waals surface area contributed by atoms with E-state index in [0.717, 1.165) is 13.0 Å². The van der Waals surface area contributed by atoms with Gasteiger partial charge in [-0.05, 0) is 32.1 Å². The number of hydrogen-bond donors (Lipinski definition) is 2. The number of rotatable bonds is 5. The third kappa shape index (κ3) is 9.29. The van der Waals surface area contributed by atoms with Crippen molar-refractivity contribution >= 4 is 29.9 Å². The van der Waals surface area contributed by atoms with Gasteiger partial charge in [-0.25, -0.2) is 0 Å². The Hall–Kier alpha value is 0.690. The van der Waals surface area contributed by atoms with Crippen LogP contribution in [-0.2, 0) is 0 Å². The van der Waals surface area contributed by atoms with Crippen LogP contribution >= 0.6 is 24.0 Å². The standard InChI is InChI=1S/C11H25N4.2HI/c1-15(8-4-2-5-9-15)10-6-3-7-14-11(12)13;;/h2-10H2,1H3,(H4,12,13,14);2*1H/q+1;;/p-1. The van der Waals surface area contributed by atoms with Crippen molar-refractivity contribution in [3.63, 3.8) is 0 Å². The minimum atomic E-state index is 0. The van der Waals surface area contributed by atoms with Gasteiger partial charge in [0.25, 0.3) is 0 Å². The average Bonchev–Trinajstić information content (AvgIpc) is 2.17. The largest absolute Gasteiger partial charge is 1.00 e. The number of quaternary nitrogens is 1. The number of guanidine groups is 1. The molecule has 1 fully saturated rings. The van der Waals surface area contributed by atoms with Gasteiger partial charge in [0.15, 0.2) is 5.96 Å². The highest BCUT2D eigenvalue weighted by Gasteiger charge is 2.23. The number of aliphatic imine (C=N–C) groups is 1. The van der Waals surface area contributed by atoms with Crippen LogP contribution in [-0.4, -0.2) is 43.7 Å². The van der Waals surface area contributed by atoms with E-state index in [0.29, 0.717) is 0 Å². The van der Waals surface area contributed by atoms with Crippen molar-refractivity contribution in [2.24, 2.45) is 16.5 Å². The molecule has 0 aromatic heterocycles. The Kier molecular flexibility index (Phi) is 12.5. The van der Waals surface area contributed by atoms with Gasteiger partial charge in [0.2, 0.25) is 0 Å².